The Morgan fingerprint density at radius 3 is 2.21 bits per heavy atom. The summed E-state index contributed by atoms with van der Waals surface area (Å²) in [6.45, 7) is 4.51. The van der Waals surface area contributed by atoms with Crippen molar-refractivity contribution in [3.8, 4) is 0 Å². The van der Waals surface area contributed by atoms with Gasteiger partial charge in [0.15, 0.2) is 0 Å². The Labute approximate surface area is 109 Å². The van der Waals surface area contributed by atoms with Gasteiger partial charge in [-0.2, -0.15) is 13.2 Å². The van der Waals surface area contributed by atoms with Gasteiger partial charge in [0.1, 0.15) is 0 Å². The third-order valence-corrected chi connectivity index (χ3v) is 4.19. The molecule has 0 radical (unpaired) electrons. The Hall–Kier alpha value is -1.28. The maximum absolute atomic E-state index is 12.7. The molecule has 1 rings (SSSR count). The lowest BCUT2D eigenvalue weighted by molar-refractivity contribution is -0.137. The fourth-order valence-electron chi connectivity index (χ4n) is 1.53. The normalized spacial score (nSPS) is 13.0. The molecule has 0 bridgehead atoms. The summed E-state index contributed by atoms with van der Waals surface area (Å²) in [6.07, 6.45) is -4.65. The number of rotatable bonds is 3. The topological polar surface area (TPSA) is 72.2 Å². The van der Waals surface area contributed by atoms with E-state index >= 15 is 0 Å². The molecule has 19 heavy (non-hydrogen) atoms. The first-order valence-corrected chi connectivity index (χ1v) is 6.93. The van der Waals surface area contributed by atoms with Crippen LogP contribution in [0.5, 0.6) is 0 Å². The Morgan fingerprint density at radius 2 is 1.79 bits per heavy atom. The van der Waals surface area contributed by atoms with Gasteiger partial charge in [0.05, 0.1) is 10.5 Å². The van der Waals surface area contributed by atoms with E-state index in [1.165, 1.54) is 6.92 Å². The molecule has 0 saturated heterocycles. The number of nitrogens with one attached hydrogen (secondary N) is 1. The molecular formula is C11H15F3N2O2S. The van der Waals surface area contributed by atoms with E-state index in [-0.39, 0.29) is 11.3 Å². The zero-order valence-electron chi connectivity index (χ0n) is 10.7. The molecule has 0 aliphatic carbocycles. The highest BCUT2D eigenvalue weighted by atomic mass is 32.2. The first kappa shape index (κ1) is 15.8. The van der Waals surface area contributed by atoms with E-state index in [2.05, 4.69) is 4.72 Å². The molecule has 0 aliphatic heterocycles. The largest absolute Gasteiger partial charge is 0.416 e. The first-order chi connectivity index (χ1) is 8.45. The number of nitrogens with two attached hydrogens (primary N) is 1. The predicted molar refractivity (Wildman–Crippen MR) is 66.1 cm³/mol. The minimum absolute atomic E-state index is 0.0983. The zero-order chi connectivity index (χ0) is 15.0. The number of nitrogen functional groups attached to an aromatic ring is 1. The molecule has 1 aromatic rings. The summed E-state index contributed by atoms with van der Waals surface area (Å²) >= 11 is 0. The fraction of sp³-hybridized carbons (Fsp3) is 0.455. The molecule has 0 aromatic heterocycles. The van der Waals surface area contributed by atoms with Crippen molar-refractivity contribution >= 4 is 15.7 Å². The van der Waals surface area contributed by atoms with E-state index in [0.29, 0.717) is 6.07 Å². The number of hydrogen-bond acceptors (Lipinski definition) is 3. The molecule has 3 N–H and O–H groups in total. The second-order valence-electron chi connectivity index (χ2n) is 4.46. The third-order valence-electron chi connectivity index (χ3n) is 2.41. The summed E-state index contributed by atoms with van der Waals surface area (Å²) < 4.78 is 64.1. The van der Waals surface area contributed by atoms with Crippen molar-refractivity contribution in [2.75, 3.05) is 5.73 Å². The molecular weight excluding hydrogens is 281 g/mol. The summed E-state index contributed by atoms with van der Waals surface area (Å²) in [5, 5.41) is 0. The van der Waals surface area contributed by atoms with Gasteiger partial charge < -0.3 is 5.73 Å². The molecule has 0 unspecified atom stereocenters. The quantitative estimate of drug-likeness (QED) is 0.841. The van der Waals surface area contributed by atoms with Crippen LogP contribution < -0.4 is 10.5 Å². The highest BCUT2D eigenvalue weighted by Gasteiger charge is 2.33. The van der Waals surface area contributed by atoms with Gasteiger partial charge in [-0.1, -0.05) is 0 Å². The van der Waals surface area contributed by atoms with E-state index in [0.717, 1.165) is 6.07 Å². The third kappa shape index (κ3) is 3.60. The molecule has 0 amide bonds. The molecule has 0 fully saturated rings. The van der Waals surface area contributed by atoms with E-state index in [1.807, 2.05) is 0 Å². The Balaban J connectivity index is 3.48. The minimum Gasteiger partial charge on any atom is -0.398 e. The van der Waals surface area contributed by atoms with Crippen LogP contribution in [0.25, 0.3) is 0 Å². The lowest BCUT2D eigenvalue weighted by Crippen LogP contribution is -2.31. The number of alkyl halides is 3. The van der Waals surface area contributed by atoms with Crippen LogP contribution in [0.15, 0.2) is 17.0 Å². The second-order valence-corrected chi connectivity index (χ2v) is 6.14. The molecule has 0 spiro atoms. The van der Waals surface area contributed by atoms with Crippen molar-refractivity contribution < 1.29 is 21.6 Å². The summed E-state index contributed by atoms with van der Waals surface area (Å²) in [7, 11) is -4.03. The first-order valence-electron chi connectivity index (χ1n) is 5.45. The number of hydrogen-bond donors (Lipinski definition) is 2. The average Bonchev–Trinajstić information content (AvgIpc) is 2.17. The van der Waals surface area contributed by atoms with Gasteiger partial charge in [0.2, 0.25) is 10.0 Å². The van der Waals surface area contributed by atoms with Crippen LogP contribution in [0, 0.1) is 6.92 Å². The highest BCUT2D eigenvalue weighted by Crippen LogP contribution is 2.34. The predicted octanol–water partition coefficient (Wildman–Crippen LogP) is 2.28. The van der Waals surface area contributed by atoms with E-state index < -0.39 is 32.7 Å². The van der Waals surface area contributed by atoms with Gasteiger partial charge >= 0.3 is 6.18 Å². The zero-order valence-corrected chi connectivity index (χ0v) is 11.5. The van der Waals surface area contributed by atoms with E-state index in [9.17, 15) is 21.6 Å². The number of sulfonamides is 1. The number of anilines is 1. The van der Waals surface area contributed by atoms with Crippen LogP contribution in [0.4, 0.5) is 18.9 Å². The summed E-state index contributed by atoms with van der Waals surface area (Å²) in [4.78, 5) is -0.450. The Bertz CT molecular complexity index is 580. The van der Waals surface area contributed by atoms with Crippen LogP contribution in [0.2, 0.25) is 0 Å². The van der Waals surface area contributed by atoms with Gasteiger partial charge in [-0.3, -0.25) is 0 Å². The summed E-state index contributed by atoms with van der Waals surface area (Å²) in [5.41, 5.74) is 4.26. The lowest BCUT2D eigenvalue weighted by Gasteiger charge is -2.16. The van der Waals surface area contributed by atoms with Crippen LogP contribution in [0.1, 0.15) is 25.0 Å². The van der Waals surface area contributed by atoms with Gasteiger partial charge in [0, 0.05) is 11.7 Å². The SMILES string of the molecule is Cc1c(N)cc(C(F)(F)F)cc1S(=O)(=O)NC(C)C. The van der Waals surface area contributed by atoms with Crippen molar-refractivity contribution in [1.82, 2.24) is 4.72 Å². The van der Waals surface area contributed by atoms with Crippen molar-refractivity contribution in [2.45, 2.75) is 37.9 Å². The van der Waals surface area contributed by atoms with Crippen LogP contribution in [-0.2, 0) is 16.2 Å². The fourth-order valence-corrected chi connectivity index (χ4v) is 3.08. The molecule has 0 atom stereocenters. The smallest absolute Gasteiger partial charge is 0.398 e. The van der Waals surface area contributed by atoms with Gasteiger partial charge in [-0.25, -0.2) is 13.1 Å². The molecule has 0 saturated carbocycles. The van der Waals surface area contributed by atoms with E-state index in [4.69, 9.17) is 5.73 Å². The number of benzene rings is 1. The van der Waals surface area contributed by atoms with Crippen LogP contribution in [0.3, 0.4) is 0 Å². The maximum Gasteiger partial charge on any atom is 0.416 e. The van der Waals surface area contributed by atoms with Crippen LogP contribution >= 0.6 is 0 Å². The highest BCUT2D eigenvalue weighted by molar-refractivity contribution is 7.89. The van der Waals surface area contributed by atoms with Crippen molar-refractivity contribution in [1.29, 1.82) is 0 Å². The van der Waals surface area contributed by atoms with Gasteiger partial charge in [0.25, 0.3) is 0 Å². The van der Waals surface area contributed by atoms with Crippen molar-refractivity contribution in [3.05, 3.63) is 23.3 Å². The molecule has 1 aromatic carbocycles. The lowest BCUT2D eigenvalue weighted by atomic mass is 10.1. The second kappa shape index (κ2) is 5.01. The molecule has 0 aliphatic rings. The molecule has 108 valence electrons. The van der Waals surface area contributed by atoms with Crippen molar-refractivity contribution in [2.24, 2.45) is 0 Å². The maximum atomic E-state index is 12.7. The Morgan fingerprint density at radius 1 is 1.26 bits per heavy atom. The minimum atomic E-state index is -4.65. The summed E-state index contributed by atoms with van der Waals surface area (Å²) in [5.74, 6) is 0. The molecule has 4 nitrogen and oxygen atoms in total. The molecule has 0 heterocycles. The molecule has 8 heteroatoms. The van der Waals surface area contributed by atoms with Gasteiger partial charge in [-0.15, -0.1) is 0 Å². The monoisotopic (exact) mass is 296 g/mol. The van der Waals surface area contributed by atoms with Crippen molar-refractivity contribution in [3.63, 3.8) is 0 Å². The van der Waals surface area contributed by atoms with E-state index in [1.54, 1.807) is 13.8 Å². The van der Waals surface area contributed by atoms with Gasteiger partial charge in [-0.05, 0) is 38.5 Å². The summed E-state index contributed by atoms with van der Waals surface area (Å²) in [6, 6.07) is 0.889. The van der Waals surface area contributed by atoms with Crippen LogP contribution in [-0.4, -0.2) is 14.5 Å². The average molecular weight is 296 g/mol. The Kier molecular flexibility index (Phi) is 4.16. The number of halogens is 3. The standard InChI is InChI=1S/C11H15F3N2O2S/c1-6(2)16-19(17,18)10-5-8(11(12,13)14)4-9(15)7(10)3/h4-6,16H,15H2,1-3H3.